The third-order valence-corrected chi connectivity index (χ3v) is 5.80. The van der Waals surface area contributed by atoms with Gasteiger partial charge in [0.15, 0.2) is 0 Å². The Morgan fingerprint density at radius 3 is 2.00 bits per heavy atom. The molecular formula is C19H38N2. The molecule has 0 aromatic rings. The minimum Gasteiger partial charge on any atom is -0.317 e. The first-order chi connectivity index (χ1) is 10.3. The summed E-state index contributed by atoms with van der Waals surface area (Å²) in [5.41, 5.74) is 0. The van der Waals surface area contributed by atoms with Gasteiger partial charge in [0.05, 0.1) is 0 Å². The van der Waals surface area contributed by atoms with Crippen LogP contribution in [-0.2, 0) is 0 Å². The van der Waals surface area contributed by atoms with Gasteiger partial charge in [0, 0.05) is 18.1 Å². The van der Waals surface area contributed by atoms with Gasteiger partial charge in [0.2, 0.25) is 0 Å². The number of nitrogens with one attached hydrogen (secondary N) is 1. The molecule has 0 aromatic heterocycles. The second-order valence-electron chi connectivity index (χ2n) is 7.41. The summed E-state index contributed by atoms with van der Waals surface area (Å²) in [5, 5.41) is 3.53. The van der Waals surface area contributed by atoms with Crippen LogP contribution >= 0.6 is 0 Å². The van der Waals surface area contributed by atoms with Gasteiger partial charge in [0.1, 0.15) is 0 Å². The van der Waals surface area contributed by atoms with E-state index in [1.165, 1.54) is 90.0 Å². The van der Waals surface area contributed by atoms with Crippen molar-refractivity contribution in [2.75, 3.05) is 13.6 Å². The van der Waals surface area contributed by atoms with Crippen molar-refractivity contribution in [3.63, 3.8) is 0 Å². The Bertz CT molecular complexity index is 252. The first kappa shape index (κ1) is 17.3. The van der Waals surface area contributed by atoms with Gasteiger partial charge in [-0.15, -0.1) is 0 Å². The van der Waals surface area contributed by atoms with E-state index in [2.05, 4.69) is 24.2 Å². The smallest absolute Gasteiger partial charge is 0.0113 e. The number of unbranched alkanes of at least 4 members (excludes halogenated alkanes) is 7. The van der Waals surface area contributed by atoms with Crippen molar-refractivity contribution in [1.29, 1.82) is 0 Å². The molecule has 0 aliphatic carbocycles. The van der Waals surface area contributed by atoms with Crippen LogP contribution in [0.25, 0.3) is 0 Å². The third-order valence-electron chi connectivity index (χ3n) is 5.80. The Labute approximate surface area is 133 Å². The van der Waals surface area contributed by atoms with Crippen molar-refractivity contribution < 1.29 is 0 Å². The molecule has 2 fully saturated rings. The molecule has 2 atom stereocenters. The van der Waals surface area contributed by atoms with E-state index in [0.29, 0.717) is 0 Å². The Morgan fingerprint density at radius 2 is 1.43 bits per heavy atom. The highest BCUT2D eigenvalue weighted by molar-refractivity contribution is 4.94. The first-order valence-corrected chi connectivity index (χ1v) is 9.78. The zero-order valence-electron chi connectivity index (χ0n) is 14.6. The Morgan fingerprint density at radius 1 is 0.857 bits per heavy atom. The van der Waals surface area contributed by atoms with Crippen molar-refractivity contribution in [3.05, 3.63) is 0 Å². The van der Waals surface area contributed by atoms with Gasteiger partial charge in [-0.05, 0) is 45.7 Å². The normalized spacial score (nSPS) is 29.7. The van der Waals surface area contributed by atoms with Crippen molar-refractivity contribution in [2.45, 2.75) is 109 Å². The van der Waals surface area contributed by atoms with Crippen LogP contribution in [0, 0.1) is 0 Å². The van der Waals surface area contributed by atoms with Crippen LogP contribution in [-0.4, -0.2) is 36.6 Å². The molecule has 2 bridgehead atoms. The molecule has 0 saturated carbocycles. The maximum absolute atomic E-state index is 3.53. The average molecular weight is 295 g/mol. The van der Waals surface area contributed by atoms with E-state index in [9.17, 15) is 0 Å². The molecular weight excluding hydrogens is 256 g/mol. The van der Waals surface area contributed by atoms with Gasteiger partial charge >= 0.3 is 0 Å². The van der Waals surface area contributed by atoms with Crippen LogP contribution in [0.4, 0.5) is 0 Å². The van der Waals surface area contributed by atoms with Crippen molar-refractivity contribution >= 4 is 0 Å². The van der Waals surface area contributed by atoms with Gasteiger partial charge in [-0.1, -0.05) is 58.3 Å². The number of hydrogen-bond acceptors (Lipinski definition) is 2. The van der Waals surface area contributed by atoms with Crippen LogP contribution in [0.2, 0.25) is 0 Å². The topological polar surface area (TPSA) is 15.3 Å². The largest absolute Gasteiger partial charge is 0.317 e. The molecule has 124 valence electrons. The predicted octanol–water partition coefficient (Wildman–Crippen LogP) is 4.73. The van der Waals surface area contributed by atoms with E-state index >= 15 is 0 Å². The Kier molecular flexibility index (Phi) is 8.10. The van der Waals surface area contributed by atoms with E-state index in [1.54, 1.807) is 0 Å². The molecule has 2 rings (SSSR count). The Balaban J connectivity index is 1.58. The molecule has 2 heterocycles. The lowest BCUT2D eigenvalue weighted by molar-refractivity contribution is 0.0247. The maximum Gasteiger partial charge on any atom is 0.0113 e. The highest BCUT2D eigenvalue weighted by atomic mass is 15.2. The number of rotatable bonds is 10. The fraction of sp³-hybridized carbons (Fsp3) is 1.00. The number of fused-ring (bicyclic) bond motifs is 2. The van der Waals surface area contributed by atoms with Gasteiger partial charge in [-0.3, -0.25) is 4.90 Å². The van der Waals surface area contributed by atoms with Gasteiger partial charge in [-0.2, -0.15) is 0 Å². The summed E-state index contributed by atoms with van der Waals surface area (Å²) >= 11 is 0. The average Bonchev–Trinajstić information content (AvgIpc) is 2.49. The summed E-state index contributed by atoms with van der Waals surface area (Å²) in [6, 6.07) is 2.56. The fourth-order valence-electron chi connectivity index (χ4n) is 4.51. The molecule has 2 aliphatic rings. The summed E-state index contributed by atoms with van der Waals surface area (Å²) in [6.45, 7) is 3.68. The van der Waals surface area contributed by atoms with Gasteiger partial charge in [0.25, 0.3) is 0 Å². The van der Waals surface area contributed by atoms with Crippen molar-refractivity contribution in [2.24, 2.45) is 0 Å². The quantitative estimate of drug-likeness (QED) is 0.586. The molecule has 0 aromatic carbocycles. The van der Waals surface area contributed by atoms with Gasteiger partial charge in [-0.25, -0.2) is 0 Å². The van der Waals surface area contributed by atoms with E-state index in [0.717, 1.165) is 18.1 Å². The van der Waals surface area contributed by atoms with E-state index in [1.807, 2.05) is 0 Å². The monoisotopic (exact) mass is 294 g/mol. The first-order valence-electron chi connectivity index (χ1n) is 9.78. The molecule has 21 heavy (non-hydrogen) atoms. The molecule has 0 amide bonds. The SMILES string of the molecule is CCCCCCCCCCN1C2CCCC1CC(NC)C2. The molecule has 2 unspecified atom stereocenters. The molecule has 2 nitrogen and oxygen atoms in total. The zero-order chi connectivity index (χ0) is 14.9. The van der Waals surface area contributed by atoms with Crippen LogP contribution in [0.5, 0.6) is 0 Å². The lowest BCUT2D eigenvalue weighted by Crippen LogP contribution is -2.55. The highest BCUT2D eigenvalue weighted by Gasteiger charge is 2.36. The molecule has 2 saturated heterocycles. The molecule has 0 radical (unpaired) electrons. The molecule has 2 aliphatic heterocycles. The lowest BCUT2D eigenvalue weighted by atomic mass is 9.81. The maximum atomic E-state index is 3.53. The van der Waals surface area contributed by atoms with E-state index in [-0.39, 0.29) is 0 Å². The minimum absolute atomic E-state index is 0.787. The lowest BCUT2D eigenvalue weighted by Gasteiger charge is -2.49. The number of piperidine rings is 2. The van der Waals surface area contributed by atoms with E-state index < -0.39 is 0 Å². The van der Waals surface area contributed by atoms with E-state index in [4.69, 9.17) is 0 Å². The third kappa shape index (κ3) is 5.56. The summed E-state index contributed by atoms with van der Waals surface area (Å²) in [6.07, 6.45) is 18.7. The van der Waals surface area contributed by atoms with Crippen molar-refractivity contribution in [3.8, 4) is 0 Å². The summed E-state index contributed by atoms with van der Waals surface area (Å²) in [5.74, 6) is 0. The predicted molar refractivity (Wildman–Crippen MR) is 92.8 cm³/mol. The second-order valence-corrected chi connectivity index (χ2v) is 7.41. The van der Waals surface area contributed by atoms with Crippen LogP contribution in [0.15, 0.2) is 0 Å². The number of nitrogens with zero attached hydrogens (tertiary/aromatic N) is 1. The Hall–Kier alpha value is -0.0800. The standard InChI is InChI=1S/C19H38N2/c1-3-4-5-6-7-8-9-10-14-21-18-12-11-13-19(21)16-17(15-18)20-2/h17-20H,3-16H2,1-2H3. The summed E-state index contributed by atoms with van der Waals surface area (Å²) in [7, 11) is 2.15. The summed E-state index contributed by atoms with van der Waals surface area (Å²) < 4.78 is 0. The van der Waals surface area contributed by atoms with Crippen LogP contribution in [0.1, 0.15) is 90.4 Å². The molecule has 0 spiro atoms. The summed E-state index contributed by atoms with van der Waals surface area (Å²) in [4.78, 5) is 2.88. The zero-order valence-corrected chi connectivity index (χ0v) is 14.6. The molecule has 1 N–H and O–H groups in total. The van der Waals surface area contributed by atoms with Crippen LogP contribution in [0.3, 0.4) is 0 Å². The molecule has 2 heteroatoms. The van der Waals surface area contributed by atoms with Gasteiger partial charge < -0.3 is 5.32 Å². The minimum atomic E-state index is 0.787. The van der Waals surface area contributed by atoms with Crippen LogP contribution < -0.4 is 5.32 Å². The second kappa shape index (κ2) is 9.84. The fourth-order valence-corrected chi connectivity index (χ4v) is 4.51. The number of hydrogen-bond donors (Lipinski definition) is 1. The highest BCUT2D eigenvalue weighted by Crippen LogP contribution is 2.34. The van der Waals surface area contributed by atoms with Crippen molar-refractivity contribution in [1.82, 2.24) is 10.2 Å².